The molecule has 0 saturated carbocycles. The molecule has 21 heavy (non-hydrogen) atoms. The first kappa shape index (κ1) is 14.8. The van der Waals surface area contributed by atoms with Crippen molar-refractivity contribution in [1.82, 2.24) is 0 Å². The molecule has 0 aliphatic carbocycles. The third kappa shape index (κ3) is 3.27. The van der Waals surface area contributed by atoms with Gasteiger partial charge in [0.2, 0.25) is 15.8 Å². The molecule has 0 aliphatic heterocycles. The van der Waals surface area contributed by atoms with Gasteiger partial charge in [0.15, 0.2) is 5.75 Å². The lowest BCUT2D eigenvalue weighted by atomic mass is 10.2. The van der Waals surface area contributed by atoms with Crippen molar-refractivity contribution in [3.63, 3.8) is 0 Å². The molecule has 0 spiro atoms. The molecule has 0 aliphatic rings. The molecule has 0 radical (unpaired) electrons. The number of nitrogens with zero attached hydrogens (tertiary/aromatic N) is 1. The van der Waals surface area contributed by atoms with E-state index >= 15 is 0 Å². The first-order valence-electron chi connectivity index (χ1n) is 5.62. The molecular weight excluding hydrogens is 298 g/mol. The predicted octanol–water partition coefficient (Wildman–Crippen LogP) is 1.62. The molecule has 110 valence electrons. The predicted molar refractivity (Wildman–Crippen MR) is 75.4 cm³/mol. The van der Waals surface area contributed by atoms with E-state index in [4.69, 9.17) is 15.6 Å². The summed E-state index contributed by atoms with van der Waals surface area (Å²) in [6.45, 7) is 0. The van der Waals surface area contributed by atoms with Gasteiger partial charge in [-0.2, -0.15) is 0 Å². The lowest BCUT2D eigenvalue weighted by molar-refractivity contribution is -0.385. The molecule has 0 aromatic heterocycles. The molecule has 2 aromatic carbocycles. The second-order valence-corrected chi connectivity index (χ2v) is 5.63. The minimum absolute atomic E-state index is 0.134. The molecule has 0 bridgehead atoms. The van der Waals surface area contributed by atoms with Gasteiger partial charge in [-0.25, -0.2) is 13.6 Å². The Bertz CT molecular complexity index is 804. The van der Waals surface area contributed by atoms with Crippen LogP contribution in [0.3, 0.4) is 0 Å². The number of nitrogen functional groups attached to an aromatic ring is 1. The smallest absolute Gasteiger partial charge is 0.312 e. The summed E-state index contributed by atoms with van der Waals surface area (Å²) in [5.41, 5.74) is 5.45. The summed E-state index contributed by atoms with van der Waals surface area (Å²) in [5.74, 6) is 0.0919. The fourth-order valence-electron chi connectivity index (χ4n) is 1.60. The number of benzene rings is 2. The van der Waals surface area contributed by atoms with Crippen LogP contribution in [-0.2, 0) is 10.0 Å². The van der Waals surface area contributed by atoms with Gasteiger partial charge in [0.05, 0.1) is 15.5 Å². The van der Waals surface area contributed by atoms with E-state index in [1.165, 1.54) is 6.07 Å². The summed E-state index contributed by atoms with van der Waals surface area (Å²) in [6, 6.07) is 9.55. The van der Waals surface area contributed by atoms with Crippen LogP contribution in [0.15, 0.2) is 47.4 Å². The molecule has 8 nitrogen and oxygen atoms in total. The molecule has 0 atom stereocenters. The maximum absolute atomic E-state index is 11.2. The largest absolute Gasteiger partial charge is 0.448 e. The SMILES string of the molecule is Nc1ccccc1Oc1ccc(S(N)(=O)=O)cc1[N+](=O)[O-]. The van der Waals surface area contributed by atoms with E-state index in [-0.39, 0.29) is 16.4 Å². The van der Waals surface area contributed by atoms with E-state index in [1.54, 1.807) is 18.2 Å². The number of primary sulfonamides is 1. The van der Waals surface area contributed by atoms with Gasteiger partial charge in [-0.05, 0) is 24.3 Å². The van der Waals surface area contributed by atoms with Gasteiger partial charge in [0.25, 0.3) is 0 Å². The molecular formula is C12H11N3O5S. The Labute approximate surface area is 120 Å². The van der Waals surface area contributed by atoms with E-state index in [2.05, 4.69) is 0 Å². The number of nitrogens with two attached hydrogens (primary N) is 2. The Kier molecular flexibility index (Phi) is 3.78. The lowest BCUT2D eigenvalue weighted by Crippen LogP contribution is -2.12. The highest BCUT2D eigenvalue weighted by molar-refractivity contribution is 7.89. The molecule has 0 amide bonds. The molecule has 2 aromatic rings. The highest BCUT2D eigenvalue weighted by atomic mass is 32.2. The van der Waals surface area contributed by atoms with Crippen LogP contribution in [0.4, 0.5) is 11.4 Å². The minimum atomic E-state index is -4.04. The van der Waals surface area contributed by atoms with Crippen molar-refractivity contribution in [3.8, 4) is 11.5 Å². The van der Waals surface area contributed by atoms with Crippen molar-refractivity contribution in [2.24, 2.45) is 5.14 Å². The number of para-hydroxylation sites is 2. The lowest BCUT2D eigenvalue weighted by Gasteiger charge is -2.09. The summed E-state index contributed by atoms with van der Waals surface area (Å²) >= 11 is 0. The Hall–Kier alpha value is -2.65. The van der Waals surface area contributed by atoms with Gasteiger partial charge in [-0.3, -0.25) is 10.1 Å². The van der Waals surface area contributed by atoms with E-state index in [0.29, 0.717) is 5.69 Å². The van der Waals surface area contributed by atoms with Gasteiger partial charge in [-0.1, -0.05) is 12.1 Å². The van der Waals surface area contributed by atoms with Crippen LogP contribution in [-0.4, -0.2) is 13.3 Å². The Morgan fingerprint density at radius 3 is 2.33 bits per heavy atom. The van der Waals surface area contributed by atoms with E-state index in [0.717, 1.165) is 18.2 Å². The monoisotopic (exact) mass is 309 g/mol. The van der Waals surface area contributed by atoms with Gasteiger partial charge >= 0.3 is 5.69 Å². The number of sulfonamides is 1. The van der Waals surface area contributed by atoms with Crippen molar-refractivity contribution in [2.45, 2.75) is 4.90 Å². The van der Waals surface area contributed by atoms with Gasteiger partial charge in [-0.15, -0.1) is 0 Å². The maximum Gasteiger partial charge on any atom is 0.312 e. The topological polar surface area (TPSA) is 139 Å². The second-order valence-electron chi connectivity index (χ2n) is 4.07. The van der Waals surface area contributed by atoms with Crippen molar-refractivity contribution >= 4 is 21.4 Å². The zero-order valence-electron chi connectivity index (χ0n) is 10.6. The maximum atomic E-state index is 11.2. The van der Waals surface area contributed by atoms with E-state index in [9.17, 15) is 18.5 Å². The fourth-order valence-corrected chi connectivity index (χ4v) is 2.13. The van der Waals surface area contributed by atoms with Gasteiger partial charge in [0.1, 0.15) is 0 Å². The van der Waals surface area contributed by atoms with Crippen LogP contribution in [0, 0.1) is 10.1 Å². The van der Waals surface area contributed by atoms with Gasteiger partial charge < -0.3 is 10.5 Å². The molecule has 9 heteroatoms. The second kappa shape index (κ2) is 5.38. The van der Waals surface area contributed by atoms with Crippen LogP contribution in [0.1, 0.15) is 0 Å². The fraction of sp³-hybridized carbons (Fsp3) is 0. The first-order valence-corrected chi connectivity index (χ1v) is 7.17. The molecule has 0 saturated heterocycles. The number of anilines is 1. The minimum Gasteiger partial charge on any atom is -0.448 e. The zero-order valence-corrected chi connectivity index (χ0v) is 11.4. The average Bonchev–Trinajstić information content (AvgIpc) is 2.40. The highest BCUT2D eigenvalue weighted by Gasteiger charge is 2.21. The number of ether oxygens (including phenoxy) is 1. The quantitative estimate of drug-likeness (QED) is 0.499. The zero-order chi connectivity index (χ0) is 15.6. The van der Waals surface area contributed by atoms with Crippen LogP contribution in [0.2, 0.25) is 0 Å². The molecule has 0 fully saturated rings. The van der Waals surface area contributed by atoms with Crippen molar-refractivity contribution < 1.29 is 18.1 Å². The van der Waals surface area contributed by atoms with Crippen molar-refractivity contribution in [2.75, 3.05) is 5.73 Å². The molecule has 0 unspecified atom stereocenters. The summed E-state index contributed by atoms with van der Waals surface area (Å²) in [5, 5.41) is 16.0. The number of nitro groups is 1. The Morgan fingerprint density at radius 2 is 1.76 bits per heavy atom. The summed E-state index contributed by atoms with van der Waals surface area (Å²) in [6.07, 6.45) is 0. The summed E-state index contributed by atoms with van der Waals surface area (Å²) in [7, 11) is -4.04. The standard InChI is InChI=1S/C12H11N3O5S/c13-9-3-1-2-4-11(9)20-12-6-5-8(21(14,18)19)7-10(12)15(16)17/h1-7H,13H2,(H2,14,18,19). The van der Waals surface area contributed by atoms with Crippen LogP contribution >= 0.6 is 0 Å². The normalized spacial score (nSPS) is 11.1. The van der Waals surface area contributed by atoms with E-state index < -0.39 is 20.6 Å². The van der Waals surface area contributed by atoms with Gasteiger partial charge in [0, 0.05) is 6.07 Å². The molecule has 2 rings (SSSR count). The Morgan fingerprint density at radius 1 is 1.10 bits per heavy atom. The van der Waals surface area contributed by atoms with Crippen molar-refractivity contribution in [1.29, 1.82) is 0 Å². The van der Waals surface area contributed by atoms with Crippen LogP contribution in [0.25, 0.3) is 0 Å². The van der Waals surface area contributed by atoms with Crippen LogP contribution < -0.4 is 15.6 Å². The summed E-state index contributed by atoms with van der Waals surface area (Å²) < 4.78 is 27.8. The number of nitro benzene ring substituents is 1. The number of rotatable bonds is 4. The first-order chi connectivity index (χ1) is 9.79. The molecule has 0 heterocycles. The summed E-state index contributed by atoms with van der Waals surface area (Å²) in [4.78, 5) is 9.90. The van der Waals surface area contributed by atoms with Crippen molar-refractivity contribution in [3.05, 3.63) is 52.6 Å². The Balaban J connectivity index is 2.50. The third-order valence-corrected chi connectivity index (χ3v) is 3.51. The molecule has 4 N–H and O–H groups in total. The van der Waals surface area contributed by atoms with Crippen LogP contribution in [0.5, 0.6) is 11.5 Å². The number of hydrogen-bond donors (Lipinski definition) is 2. The average molecular weight is 309 g/mol. The number of hydrogen-bond acceptors (Lipinski definition) is 6. The third-order valence-electron chi connectivity index (χ3n) is 2.59. The van der Waals surface area contributed by atoms with E-state index in [1.807, 2.05) is 0 Å². The highest BCUT2D eigenvalue weighted by Crippen LogP contribution is 2.35.